The van der Waals surface area contributed by atoms with E-state index < -0.39 is 11.5 Å². The van der Waals surface area contributed by atoms with Crippen molar-refractivity contribution in [3.05, 3.63) is 70.0 Å². The Morgan fingerprint density at radius 3 is 2.81 bits per heavy atom. The van der Waals surface area contributed by atoms with E-state index in [1.807, 2.05) is 12.1 Å². The van der Waals surface area contributed by atoms with Crippen LogP contribution in [-0.2, 0) is 11.3 Å². The molecule has 3 aromatic heterocycles. The zero-order valence-corrected chi connectivity index (χ0v) is 17.1. The summed E-state index contributed by atoms with van der Waals surface area (Å²) in [5, 5.41) is 19.5. The topological polar surface area (TPSA) is 123 Å². The predicted molar refractivity (Wildman–Crippen MR) is 116 cm³/mol. The molecule has 9 nitrogen and oxygen atoms in total. The molecule has 0 saturated carbocycles. The zero-order valence-electron chi connectivity index (χ0n) is 17.1. The number of aromatic carboxylic acids is 1. The third-order valence-electron chi connectivity index (χ3n) is 5.84. The maximum atomic E-state index is 12.7. The van der Waals surface area contributed by atoms with E-state index in [1.165, 1.54) is 10.6 Å². The fourth-order valence-corrected chi connectivity index (χ4v) is 4.32. The van der Waals surface area contributed by atoms with Crippen LogP contribution in [0.4, 0.5) is 0 Å². The van der Waals surface area contributed by atoms with Gasteiger partial charge < -0.3 is 19.0 Å². The molecule has 4 aromatic rings. The van der Waals surface area contributed by atoms with Gasteiger partial charge in [-0.3, -0.25) is 9.78 Å². The minimum atomic E-state index is -1.26. The van der Waals surface area contributed by atoms with Crippen LogP contribution in [0.15, 0.2) is 47.5 Å². The maximum absolute atomic E-state index is 12.7. The molecule has 9 heteroatoms. The summed E-state index contributed by atoms with van der Waals surface area (Å²) in [6, 6.07) is 10.5. The number of carbonyl (C=O) groups is 1. The standard InChI is InChI=1S/C23H19N5O4/c24-11-14-3-4-18-17(10-14)21-19(12-25-18)26-20(28(21)15-5-8-32-9-6-15)13-27-7-1-2-16(22(27)29)23(30)31/h1-4,7,10,12,15H,5-6,8-9,13H2,(H,30,31). The molecular weight excluding hydrogens is 410 g/mol. The molecule has 1 saturated heterocycles. The second-order valence-corrected chi connectivity index (χ2v) is 7.74. The van der Waals surface area contributed by atoms with Crippen molar-refractivity contribution in [2.45, 2.75) is 25.4 Å². The molecule has 0 bridgehead atoms. The Morgan fingerprint density at radius 2 is 2.06 bits per heavy atom. The number of ether oxygens (including phenoxy) is 1. The third-order valence-corrected chi connectivity index (χ3v) is 5.84. The molecule has 0 amide bonds. The van der Waals surface area contributed by atoms with Crippen LogP contribution >= 0.6 is 0 Å². The number of aromatic nitrogens is 4. The lowest BCUT2D eigenvalue weighted by atomic mass is 10.1. The van der Waals surface area contributed by atoms with Gasteiger partial charge in [-0.25, -0.2) is 9.78 Å². The first-order valence-corrected chi connectivity index (χ1v) is 10.3. The van der Waals surface area contributed by atoms with E-state index >= 15 is 0 Å². The van der Waals surface area contributed by atoms with Crippen molar-refractivity contribution in [1.82, 2.24) is 19.1 Å². The molecular formula is C23H19N5O4. The van der Waals surface area contributed by atoms with E-state index in [2.05, 4.69) is 15.6 Å². The highest BCUT2D eigenvalue weighted by atomic mass is 16.5. The summed E-state index contributed by atoms with van der Waals surface area (Å²) in [5.41, 5.74) is 1.93. The van der Waals surface area contributed by atoms with Gasteiger partial charge in [0.15, 0.2) is 0 Å². The lowest BCUT2D eigenvalue weighted by Gasteiger charge is -2.26. The molecule has 1 aromatic carbocycles. The predicted octanol–water partition coefficient (Wildman–Crippen LogP) is 2.72. The van der Waals surface area contributed by atoms with E-state index in [0.29, 0.717) is 30.1 Å². The van der Waals surface area contributed by atoms with E-state index in [9.17, 15) is 20.0 Å². The number of hydrogen-bond donors (Lipinski definition) is 1. The molecule has 1 aliphatic heterocycles. The Bertz CT molecular complexity index is 1460. The van der Waals surface area contributed by atoms with Gasteiger partial charge in [-0.1, -0.05) is 0 Å². The Kier molecular flexibility index (Phi) is 4.92. The Balaban J connectivity index is 1.75. The first-order valence-electron chi connectivity index (χ1n) is 10.3. The van der Waals surface area contributed by atoms with Crippen LogP contribution in [0, 0.1) is 11.3 Å². The van der Waals surface area contributed by atoms with Crippen molar-refractivity contribution in [2.75, 3.05) is 13.2 Å². The second kappa shape index (κ2) is 7.90. The largest absolute Gasteiger partial charge is 0.477 e. The molecule has 32 heavy (non-hydrogen) atoms. The number of nitrogens with zero attached hydrogens (tertiary/aromatic N) is 5. The van der Waals surface area contributed by atoms with Crippen LogP contribution in [0.1, 0.15) is 40.6 Å². The normalized spacial score (nSPS) is 14.6. The van der Waals surface area contributed by atoms with Crippen LogP contribution in [0.2, 0.25) is 0 Å². The summed E-state index contributed by atoms with van der Waals surface area (Å²) in [6.07, 6.45) is 4.82. The van der Waals surface area contributed by atoms with Gasteiger partial charge in [-0.2, -0.15) is 5.26 Å². The summed E-state index contributed by atoms with van der Waals surface area (Å²) in [5.74, 6) is -0.630. The number of fused-ring (bicyclic) bond motifs is 3. The number of imidazole rings is 1. The van der Waals surface area contributed by atoms with E-state index in [4.69, 9.17) is 9.72 Å². The minimum absolute atomic E-state index is 0.0958. The van der Waals surface area contributed by atoms with Crippen molar-refractivity contribution >= 4 is 27.9 Å². The lowest BCUT2D eigenvalue weighted by molar-refractivity contribution is 0.0689. The van der Waals surface area contributed by atoms with Gasteiger partial charge >= 0.3 is 5.97 Å². The van der Waals surface area contributed by atoms with Crippen molar-refractivity contribution in [3.8, 4) is 6.07 Å². The minimum Gasteiger partial charge on any atom is -0.477 e. The quantitative estimate of drug-likeness (QED) is 0.529. The molecule has 4 heterocycles. The van der Waals surface area contributed by atoms with E-state index in [0.717, 1.165) is 29.3 Å². The fourth-order valence-electron chi connectivity index (χ4n) is 4.32. The molecule has 160 valence electrons. The van der Waals surface area contributed by atoms with Gasteiger partial charge in [-0.15, -0.1) is 0 Å². The number of hydrogen-bond acceptors (Lipinski definition) is 6. The maximum Gasteiger partial charge on any atom is 0.341 e. The van der Waals surface area contributed by atoms with Crippen molar-refractivity contribution in [2.24, 2.45) is 0 Å². The van der Waals surface area contributed by atoms with Gasteiger partial charge in [0.05, 0.1) is 35.4 Å². The number of nitriles is 1. The van der Waals surface area contributed by atoms with Gasteiger partial charge in [0.2, 0.25) is 0 Å². The van der Waals surface area contributed by atoms with Gasteiger partial charge in [0, 0.05) is 30.8 Å². The monoisotopic (exact) mass is 429 g/mol. The molecule has 0 aliphatic carbocycles. The van der Waals surface area contributed by atoms with Gasteiger partial charge in [0.1, 0.15) is 16.9 Å². The number of rotatable bonds is 4. The van der Waals surface area contributed by atoms with Crippen molar-refractivity contribution in [1.29, 1.82) is 5.26 Å². The number of pyridine rings is 2. The van der Waals surface area contributed by atoms with E-state index in [1.54, 1.807) is 24.5 Å². The Hall–Kier alpha value is -4.03. The van der Waals surface area contributed by atoms with Crippen LogP contribution in [0.25, 0.3) is 21.9 Å². The Labute approximate surface area is 182 Å². The van der Waals surface area contributed by atoms with Gasteiger partial charge in [-0.05, 0) is 43.2 Å². The average Bonchev–Trinajstić information content (AvgIpc) is 3.19. The second-order valence-electron chi connectivity index (χ2n) is 7.74. The highest BCUT2D eigenvalue weighted by Crippen LogP contribution is 2.32. The summed E-state index contributed by atoms with van der Waals surface area (Å²) < 4.78 is 9.02. The zero-order chi connectivity index (χ0) is 22.2. The van der Waals surface area contributed by atoms with Crippen LogP contribution in [-0.4, -0.2) is 43.4 Å². The van der Waals surface area contributed by atoms with Crippen molar-refractivity contribution < 1.29 is 14.6 Å². The number of carboxylic acid groups (broad SMARTS) is 1. The summed E-state index contributed by atoms with van der Waals surface area (Å²) in [4.78, 5) is 33.4. The molecule has 1 N–H and O–H groups in total. The average molecular weight is 429 g/mol. The third kappa shape index (κ3) is 3.31. The highest BCUT2D eigenvalue weighted by molar-refractivity contribution is 6.02. The van der Waals surface area contributed by atoms with Crippen LogP contribution < -0.4 is 5.56 Å². The van der Waals surface area contributed by atoms with Crippen LogP contribution in [0.3, 0.4) is 0 Å². The first-order chi connectivity index (χ1) is 15.6. The smallest absolute Gasteiger partial charge is 0.341 e. The number of carboxylic acids is 1. The lowest BCUT2D eigenvalue weighted by Crippen LogP contribution is -2.28. The molecule has 1 fully saturated rings. The highest BCUT2D eigenvalue weighted by Gasteiger charge is 2.24. The van der Waals surface area contributed by atoms with Gasteiger partial charge in [0.25, 0.3) is 5.56 Å². The SMILES string of the molecule is N#Cc1ccc2ncc3nc(Cn4cccc(C(=O)O)c4=O)n(C4CCOCC4)c3c2c1. The summed E-state index contributed by atoms with van der Waals surface area (Å²) in [7, 11) is 0. The molecule has 1 aliphatic rings. The molecule has 0 atom stereocenters. The van der Waals surface area contributed by atoms with Crippen LogP contribution in [0.5, 0.6) is 0 Å². The first kappa shape index (κ1) is 19.9. The fraction of sp³-hybridized carbons (Fsp3) is 0.261. The Morgan fingerprint density at radius 1 is 1.25 bits per heavy atom. The summed E-state index contributed by atoms with van der Waals surface area (Å²) in [6.45, 7) is 1.35. The molecule has 0 unspecified atom stereocenters. The number of benzene rings is 1. The van der Waals surface area contributed by atoms with E-state index in [-0.39, 0.29) is 18.2 Å². The molecule has 0 spiro atoms. The van der Waals surface area contributed by atoms with Crippen molar-refractivity contribution in [3.63, 3.8) is 0 Å². The molecule has 5 rings (SSSR count). The molecule has 0 radical (unpaired) electrons. The summed E-state index contributed by atoms with van der Waals surface area (Å²) >= 11 is 0.